The van der Waals surface area contributed by atoms with Crippen molar-refractivity contribution in [3.8, 4) is 11.4 Å². The molecule has 0 atom stereocenters. The van der Waals surface area contributed by atoms with Crippen molar-refractivity contribution in [2.75, 3.05) is 0 Å². The van der Waals surface area contributed by atoms with Gasteiger partial charge in [0.05, 0.1) is 22.1 Å². The molecule has 2 nitrogen and oxygen atoms in total. The lowest BCUT2D eigenvalue weighted by molar-refractivity contribution is 1.15. The van der Waals surface area contributed by atoms with Crippen LogP contribution in [0.3, 0.4) is 0 Å². The lowest BCUT2D eigenvalue weighted by Crippen LogP contribution is -1.97. The Morgan fingerprint density at radius 3 is 1.25 bits per heavy atom. The lowest BCUT2D eigenvalue weighted by atomic mass is 10.1. The Bertz CT molecular complexity index is 1840. The molecule has 5 aromatic carbocycles. The molecule has 0 radical (unpaired) electrons. The zero-order valence-electron chi connectivity index (χ0n) is 21.1. The first-order valence-corrected chi connectivity index (χ1v) is 12.6. The highest BCUT2D eigenvalue weighted by Crippen LogP contribution is 2.39. The molecule has 0 fully saturated rings. The number of hydrogen-bond donors (Lipinski definition) is 0. The van der Waals surface area contributed by atoms with Crippen LogP contribution in [0.25, 0.3) is 55.0 Å². The first-order chi connectivity index (χ1) is 17.5. The third-order valence-corrected chi connectivity index (χ3v) is 7.96. The van der Waals surface area contributed by atoms with E-state index < -0.39 is 0 Å². The van der Waals surface area contributed by atoms with Gasteiger partial charge in [-0.25, -0.2) is 0 Å². The van der Waals surface area contributed by atoms with Gasteiger partial charge in [-0.2, -0.15) is 0 Å². The molecule has 0 spiro atoms. The average molecular weight is 465 g/mol. The van der Waals surface area contributed by atoms with Crippen molar-refractivity contribution >= 4 is 43.6 Å². The Kier molecular flexibility index (Phi) is 4.44. The molecule has 0 bridgehead atoms. The molecular formula is C34H28N2. The van der Waals surface area contributed by atoms with Gasteiger partial charge in [-0.3, -0.25) is 0 Å². The summed E-state index contributed by atoms with van der Waals surface area (Å²) in [7, 11) is 0. The van der Waals surface area contributed by atoms with Crippen LogP contribution in [0.5, 0.6) is 0 Å². The maximum absolute atomic E-state index is 2.43. The van der Waals surface area contributed by atoms with Crippen molar-refractivity contribution in [1.82, 2.24) is 9.13 Å². The molecule has 2 aromatic heterocycles. The van der Waals surface area contributed by atoms with E-state index in [0.29, 0.717) is 0 Å². The average Bonchev–Trinajstić information content (AvgIpc) is 3.38. The lowest BCUT2D eigenvalue weighted by Gasteiger charge is -2.12. The van der Waals surface area contributed by atoms with Crippen LogP contribution < -0.4 is 0 Å². The highest BCUT2D eigenvalue weighted by molar-refractivity contribution is 6.19. The first-order valence-electron chi connectivity index (χ1n) is 12.6. The summed E-state index contributed by atoms with van der Waals surface area (Å²) in [5.41, 5.74) is 12.6. The van der Waals surface area contributed by atoms with Crippen molar-refractivity contribution in [1.29, 1.82) is 0 Å². The van der Waals surface area contributed by atoms with Crippen LogP contribution in [0.2, 0.25) is 0 Å². The van der Waals surface area contributed by atoms with Gasteiger partial charge in [-0.15, -0.1) is 0 Å². The molecule has 0 aliphatic rings. The van der Waals surface area contributed by atoms with Crippen molar-refractivity contribution < 1.29 is 0 Å². The van der Waals surface area contributed by atoms with Gasteiger partial charge in [0.1, 0.15) is 0 Å². The number of rotatable bonds is 2. The second-order valence-electron chi connectivity index (χ2n) is 10.1. The standard InChI is InChI=1S/C34H28N2/c1-21-13-15-25(17-23(21)3)35-31-11-7-5-9-27(31)29-19-30-28-10-6-8-12-32(28)36(34(30)20-33(29)35)26-16-14-22(2)24(4)18-26/h5-20H,1-4H3. The van der Waals surface area contributed by atoms with E-state index in [4.69, 9.17) is 0 Å². The monoisotopic (exact) mass is 464 g/mol. The summed E-state index contributed by atoms with van der Waals surface area (Å²) in [5, 5.41) is 5.16. The molecular weight excluding hydrogens is 436 g/mol. The second-order valence-corrected chi connectivity index (χ2v) is 10.1. The van der Waals surface area contributed by atoms with Gasteiger partial charge in [-0.05, 0) is 98.5 Å². The first kappa shape index (κ1) is 21.0. The van der Waals surface area contributed by atoms with E-state index >= 15 is 0 Å². The number of fused-ring (bicyclic) bond motifs is 6. The molecule has 0 amide bonds. The zero-order chi connectivity index (χ0) is 24.6. The Balaban J connectivity index is 1.67. The fourth-order valence-corrected chi connectivity index (χ4v) is 5.72. The second kappa shape index (κ2) is 7.60. The van der Waals surface area contributed by atoms with E-state index in [0.717, 1.165) is 0 Å². The SMILES string of the molecule is Cc1ccc(-n2c3ccccc3c3cc4c5ccccc5n(-c5ccc(C)c(C)c5)c4cc32)cc1C. The minimum Gasteiger partial charge on any atom is -0.309 e. The zero-order valence-corrected chi connectivity index (χ0v) is 21.1. The summed E-state index contributed by atoms with van der Waals surface area (Å²) in [5.74, 6) is 0. The van der Waals surface area contributed by atoms with Gasteiger partial charge in [0.15, 0.2) is 0 Å². The Morgan fingerprint density at radius 1 is 0.361 bits per heavy atom. The molecule has 2 heteroatoms. The number of nitrogens with zero attached hydrogens (tertiary/aromatic N) is 2. The van der Waals surface area contributed by atoms with E-state index in [2.05, 4.69) is 134 Å². The Morgan fingerprint density at radius 2 is 0.806 bits per heavy atom. The quantitative estimate of drug-likeness (QED) is 0.241. The van der Waals surface area contributed by atoms with Crippen molar-refractivity contribution in [3.63, 3.8) is 0 Å². The number of aryl methyl sites for hydroxylation is 4. The van der Waals surface area contributed by atoms with Crippen LogP contribution >= 0.6 is 0 Å². The number of hydrogen-bond acceptors (Lipinski definition) is 0. The minimum atomic E-state index is 1.21. The number of aromatic nitrogens is 2. The number of para-hydroxylation sites is 2. The minimum absolute atomic E-state index is 1.21. The van der Waals surface area contributed by atoms with Gasteiger partial charge in [0.25, 0.3) is 0 Å². The fraction of sp³-hybridized carbons (Fsp3) is 0.118. The third-order valence-electron chi connectivity index (χ3n) is 7.96. The van der Waals surface area contributed by atoms with E-state index in [1.165, 1.54) is 77.2 Å². The van der Waals surface area contributed by atoms with Crippen LogP contribution in [0.4, 0.5) is 0 Å². The van der Waals surface area contributed by atoms with Gasteiger partial charge < -0.3 is 9.13 Å². The highest BCUT2D eigenvalue weighted by atomic mass is 15.0. The van der Waals surface area contributed by atoms with Gasteiger partial charge in [0.2, 0.25) is 0 Å². The molecule has 2 heterocycles. The van der Waals surface area contributed by atoms with Gasteiger partial charge in [-0.1, -0.05) is 48.5 Å². The highest BCUT2D eigenvalue weighted by Gasteiger charge is 2.18. The predicted molar refractivity (Wildman–Crippen MR) is 154 cm³/mol. The van der Waals surface area contributed by atoms with Gasteiger partial charge in [0, 0.05) is 32.9 Å². The molecule has 0 aliphatic heterocycles. The summed E-state index contributed by atoms with van der Waals surface area (Å²) >= 11 is 0. The van der Waals surface area contributed by atoms with Gasteiger partial charge >= 0.3 is 0 Å². The molecule has 0 N–H and O–H groups in total. The summed E-state index contributed by atoms with van der Waals surface area (Å²) in [6.45, 7) is 8.75. The maximum atomic E-state index is 2.43. The third kappa shape index (κ3) is 2.91. The normalized spacial score (nSPS) is 11.9. The molecule has 7 aromatic rings. The summed E-state index contributed by atoms with van der Waals surface area (Å²) in [6, 6.07) is 36.0. The molecule has 0 saturated carbocycles. The molecule has 0 aliphatic carbocycles. The molecule has 0 saturated heterocycles. The summed E-state index contributed by atoms with van der Waals surface area (Å²) in [4.78, 5) is 0. The van der Waals surface area contributed by atoms with Crippen molar-refractivity contribution in [2.45, 2.75) is 27.7 Å². The largest absolute Gasteiger partial charge is 0.309 e. The fourth-order valence-electron chi connectivity index (χ4n) is 5.72. The van der Waals surface area contributed by atoms with Crippen LogP contribution in [0.1, 0.15) is 22.3 Å². The van der Waals surface area contributed by atoms with E-state index in [-0.39, 0.29) is 0 Å². The molecule has 0 unspecified atom stereocenters. The molecule has 7 rings (SSSR count). The summed E-state index contributed by atoms with van der Waals surface area (Å²) in [6.07, 6.45) is 0. The Labute approximate surface area is 211 Å². The van der Waals surface area contributed by atoms with Crippen LogP contribution in [-0.2, 0) is 0 Å². The van der Waals surface area contributed by atoms with E-state index in [1.807, 2.05) is 0 Å². The van der Waals surface area contributed by atoms with E-state index in [1.54, 1.807) is 0 Å². The topological polar surface area (TPSA) is 9.86 Å². The smallest absolute Gasteiger partial charge is 0.0562 e. The predicted octanol–water partition coefficient (Wildman–Crippen LogP) is 9.11. The Hall–Kier alpha value is -4.30. The van der Waals surface area contributed by atoms with Crippen molar-refractivity contribution in [2.24, 2.45) is 0 Å². The van der Waals surface area contributed by atoms with Crippen LogP contribution in [0.15, 0.2) is 97.1 Å². The van der Waals surface area contributed by atoms with Crippen LogP contribution in [0, 0.1) is 27.7 Å². The summed E-state index contributed by atoms with van der Waals surface area (Å²) < 4.78 is 4.86. The maximum Gasteiger partial charge on any atom is 0.0562 e. The molecule has 36 heavy (non-hydrogen) atoms. The molecule has 174 valence electrons. The van der Waals surface area contributed by atoms with Crippen molar-refractivity contribution in [3.05, 3.63) is 119 Å². The number of benzene rings is 5. The van der Waals surface area contributed by atoms with Crippen LogP contribution in [-0.4, -0.2) is 9.13 Å². The van der Waals surface area contributed by atoms with E-state index in [9.17, 15) is 0 Å².